The predicted octanol–water partition coefficient (Wildman–Crippen LogP) is -0.185. The average molecular weight is 244 g/mol. The summed E-state index contributed by atoms with van der Waals surface area (Å²) in [6.07, 6.45) is 5.53. The predicted molar refractivity (Wildman–Crippen MR) is 59.1 cm³/mol. The van der Waals surface area contributed by atoms with E-state index in [-0.39, 0.29) is 17.0 Å². The van der Waals surface area contributed by atoms with Crippen molar-refractivity contribution in [1.29, 1.82) is 0 Å². The Hall–Kier alpha value is -0.920. The molecule has 0 spiro atoms. The van der Waals surface area contributed by atoms with Crippen LogP contribution < -0.4 is 10.5 Å². The molecule has 0 aromatic carbocycles. The molecule has 1 saturated carbocycles. The molecule has 2 unspecified atom stereocenters. The summed E-state index contributed by atoms with van der Waals surface area (Å²) >= 11 is 0. The van der Waals surface area contributed by atoms with E-state index in [1.165, 1.54) is 12.5 Å². The molecule has 1 heterocycles. The molecular formula is C9H16N4O2S. The number of nitrogens with zero attached hydrogens (tertiary/aromatic N) is 1. The Labute approximate surface area is 94.7 Å². The number of imidazole rings is 1. The van der Waals surface area contributed by atoms with Crippen molar-refractivity contribution in [2.45, 2.75) is 30.3 Å². The van der Waals surface area contributed by atoms with Crippen LogP contribution in [0.4, 0.5) is 0 Å². The second kappa shape index (κ2) is 4.52. The number of nitrogens with one attached hydrogen (secondary N) is 2. The summed E-state index contributed by atoms with van der Waals surface area (Å²) in [7, 11) is -3.47. The van der Waals surface area contributed by atoms with Gasteiger partial charge in [0.2, 0.25) is 0 Å². The van der Waals surface area contributed by atoms with E-state index in [9.17, 15) is 8.42 Å². The molecule has 16 heavy (non-hydrogen) atoms. The highest BCUT2D eigenvalue weighted by Crippen LogP contribution is 2.25. The molecule has 2 atom stereocenters. The Bertz CT molecular complexity index is 428. The molecule has 0 saturated heterocycles. The zero-order valence-electron chi connectivity index (χ0n) is 8.89. The van der Waals surface area contributed by atoms with Crippen LogP contribution in [0.2, 0.25) is 0 Å². The summed E-state index contributed by atoms with van der Waals surface area (Å²) in [6, 6.07) is -0.0432. The Morgan fingerprint density at radius 2 is 2.38 bits per heavy atom. The topological polar surface area (TPSA) is 101 Å². The van der Waals surface area contributed by atoms with Crippen LogP contribution in [-0.4, -0.2) is 31.0 Å². The van der Waals surface area contributed by atoms with E-state index in [4.69, 9.17) is 5.73 Å². The number of sulfonamides is 1. The fourth-order valence-corrected chi connectivity index (χ4v) is 3.37. The molecule has 0 aliphatic heterocycles. The van der Waals surface area contributed by atoms with E-state index in [0.29, 0.717) is 6.54 Å². The summed E-state index contributed by atoms with van der Waals surface area (Å²) in [5, 5.41) is 0.107. The minimum atomic E-state index is -3.47. The first-order chi connectivity index (χ1) is 7.63. The van der Waals surface area contributed by atoms with Crippen molar-refractivity contribution < 1.29 is 8.42 Å². The molecule has 1 fully saturated rings. The lowest BCUT2D eigenvalue weighted by atomic mass is 10.1. The van der Waals surface area contributed by atoms with E-state index in [1.54, 1.807) is 0 Å². The number of hydrogen-bond acceptors (Lipinski definition) is 4. The lowest BCUT2D eigenvalue weighted by Gasteiger charge is -2.18. The first-order valence-electron chi connectivity index (χ1n) is 5.34. The number of nitrogens with two attached hydrogens (primary N) is 1. The summed E-state index contributed by atoms with van der Waals surface area (Å²) in [4.78, 5) is 6.29. The highest BCUT2D eigenvalue weighted by atomic mass is 32.2. The van der Waals surface area contributed by atoms with Crippen LogP contribution in [0.5, 0.6) is 0 Å². The van der Waals surface area contributed by atoms with Crippen molar-refractivity contribution in [2.24, 2.45) is 11.7 Å². The standard InChI is InChI=1S/C9H16N4O2S/c10-4-7-2-1-3-8(7)13-16(14,15)9-5-11-6-12-9/h5-8,13H,1-4,10H2,(H,11,12). The molecule has 2 rings (SSSR count). The fourth-order valence-electron chi connectivity index (χ4n) is 2.13. The smallest absolute Gasteiger partial charge is 0.257 e. The van der Waals surface area contributed by atoms with Crippen molar-refractivity contribution in [1.82, 2.24) is 14.7 Å². The number of aromatic nitrogens is 2. The van der Waals surface area contributed by atoms with Crippen molar-refractivity contribution >= 4 is 10.0 Å². The monoisotopic (exact) mass is 244 g/mol. The molecule has 0 amide bonds. The van der Waals surface area contributed by atoms with Gasteiger partial charge in [0, 0.05) is 6.04 Å². The van der Waals surface area contributed by atoms with Crippen molar-refractivity contribution in [3.8, 4) is 0 Å². The second-order valence-corrected chi connectivity index (χ2v) is 5.75. The molecule has 90 valence electrons. The van der Waals surface area contributed by atoms with Crippen molar-refractivity contribution in [2.75, 3.05) is 6.54 Å². The van der Waals surface area contributed by atoms with Crippen molar-refractivity contribution in [3.63, 3.8) is 0 Å². The lowest BCUT2D eigenvalue weighted by Crippen LogP contribution is -2.39. The van der Waals surface area contributed by atoms with Gasteiger partial charge in [0.25, 0.3) is 10.0 Å². The third kappa shape index (κ3) is 2.26. The Kier molecular flexibility index (Phi) is 3.27. The van der Waals surface area contributed by atoms with Crippen LogP contribution >= 0.6 is 0 Å². The minimum absolute atomic E-state index is 0.0432. The van der Waals surface area contributed by atoms with Crippen LogP contribution in [-0.2, 0) is 10.0 Å². The van der Waals surface area contributed by atoms with Gasteiger partial charge in [0.05, 0.1) is 12.5 Å². The number of H-pyrrole nitrogens is 1. The van der Waals surface area contributed by atoms with Gasteiger partial charge >= 0.3 is 0 Å². The molecule has 4 N–H and O–H groups in total. The Morgan fingerprint density at radius 1 is 1.56 bits per heavy atom. The van der Waals surface area contributed by atoms with Gasteiger partial charge in [-0.05, 0) is 25.3 Å². The van der Waals surface area contributed by atoms with Gasteiger partial charge in [-0.1, -0.05) is 6.42 Å². The molecular weight excluding hydrogens is 228 g/mol. The molecule has 7 heteroatoms. The summed E-state index contributed by atoms with van der Waals surface area (Å²) in [6.45, 7) is 0.524. The van der Waals surface area contributed by atoms with Gasteiger partial charge in [-0.3, -0.25) is 0 Å². The zero-order chi connectivity index (χ0) is 11.6. The van der Waals surface area contributed by atoms with Gasteiger partial charge in [0.15, 0.2) is 5.03 Å². The SMILES string of the molecule is NCC1CCCC1NS(=O)(=O)c1cnc[nH]1. The highest BCUT2D eigenvalue weighted by Gasteiger charge is 2.30. The van der Waals surface area contributed by atoms with Gasteiger partial charge in [0.1, 0.15) is 0 Å². The molecule has 0 radical (unpaired) electrons. The maximum absolute atomic E-state index is 11.9. The maximum atomic E-state index is 11.9. The van der Waals surface area contributed by atoms with Crippen LogP contribution in [0.25, 0.3) is 0 Å². The van der Waals surface area contributed by atoms with E-state index in [0.717, 1.165) is 19.3 Å². The van der Waals surface area contributed by atoms with Crippen LogP contribution in [0.3, 0.4) is 0 Å². The van der Waals surface area contributed by atoms with Gasteiger partial charge in [-0.25, -0.2) is 18.1 Å². The van der Waals surface area contributed by atoms with Gasteiger partial charge in [-0.2, -0.15) is 0 Å². The van der Waals surface area contributed by atoms with E-state index in [2.05, 4.69) is 14.7 Å². The normalized spacial score (nSPS) is 26.1. The molecule has 1 aliphatic rings. The minimum Gasteiger partial charge on any atom is -0.335 e. The van der Waals surface area contributed by atoms with Crippen LogP contribution in [0.15, 0.2) is 17.6 Å². The van der Waals surface area contributed by atoms with E-state index < -0.39 is 10.0 Å². The number of rotatable bonds is 4. The molecule has 1 aromatic rings. The summed E-state index contributed by atoms with van der Waals surface area (Å²) < 4.78 is 26.5. The van der Waals surface area contributed by atoms with Gasteiger partial charge < -0.3 is 10.7 Å². The average Bonchev–Trinajstić information content (AvgIpc) is 2.86. The molecule has 1 aliphatic carbocycles. The lowest BCUT2D eigenvalue weighted by molar-refractivity contribution is 0.452. The van der Waals surface area contributed by atoms with E-state index >= 15 is 0 Å². The molecule has 6 nitrogen and oxygen atoms in total. The van der Waals surface area contributed by atoms with Gasteiger partial charge in [-0.15, -0.1) is 0 Å². The largest absolute Gasteiger partial charge is 0.335 e. The quantitative estimate of drug-likeness (QED) is 0.683. The fraction of sp³-hybridized carbons (Fsp3) is 0.667. The summed E-state index contributed by atoms with van der Waals surface area (Å²) in [5.41, 5.74) is 5.61. The Morgan fingerprint density at radius 3 is 3.00 bits per heavy atom. The third-order valence-corrected chi connectivity index (χ3v) is 4.45. The number of aromatic amines is 1. The molecule has 0 bridgehead atoms. The second-order valence-electron chi connectivity index (χ2n) is 4.07. The van der Waals surface area contributed by atoms with Crippen LogP contribution in [0.1, 0.15) is 19.3 Å². The highest BCUT2D eigenvalue weighted by molar-refractivity contribution is 7.89. The first kappa shape index (κ1) is 11.6. The molecule has 1 aromatic heterocycles. The third-order valence-electron chi connectivity index (χ3n) is 3.03. The maximum Gasteiger partial charge on any atom is 0.257 e. The number of hydrogen-bond donors (Lipinski definition) is 3. The first-order valence-corrected chi connectivity index (χ1v) is 6.82. The van der Waals surface area contributed by atoms with Crippen molar-refractivity contribution in [3.05, 3.63) is 12.5 Å². The Balaban J connectivity index is 2.10. The summed E-state index contributed by atoms with van der Waals surface area (Å²) in [5.74, 6) is 0.248. The van der Waals surface area contributed by atoms with E-state index in [1.807, 2.05) is 0 Å². The van der Waals surface area contributed by atoms with Crippen LogP contribution in [0, 0.1) is 5.92 Å². The zero-order valence-corrected chi connectivity index (χ0v) is 9.70.